The number of methoxy groups -OCH3 is 1. The summed E-state index contributed by atoms with van der Waals surface area (Å²) in [5.41, 5.74) is 1.83. The summed E-state index contributed by atoms with van der Waals surface area (Å²) in [7, 11) is 1.40. The second-order valence-electron chi connectivity index (χ2n) is 7.17. The highest BCUT2D eigenvalue weighted by Crippen LogP contribution is 2.29. The smallest absolute Gasteiger partial charge is 0.387 e. The first-order chi connectivity index (χ1) is 13.2. The Kier molecular flexibility index (Phi) is 7.34. The van der Waals surface area contributed by atoms with Crippen molar-refractivity contribution in [2.75, 3.05) is 7.11 Å². The third-order valence-corrected chi connectivity index (χ3v) is 3.69. The minimum Gasteiger partial charge on any atom is -0.493 e. The van der Waals surface area contributed by atoms with Gasteiger partial charge in [-0.25, -0.2) is 4.79 Å². The van der Waals surface area contributed by atoms with Crippen LogP contribution in [0, 0.1) is 0 Å². The highest BCUT2D eigenvalue weighted by atomic mass is 19.3. The van der Waals surface area contributed by atoms with Crippen LogP contribution < -0.4 is 14.8 Å². The van der Waals surface area contributed by atoms with Gasteiger partial charge in [0.15, 0.2) is 11.5 Å². The monoisotopic (exact) mass is 393 g/mol. The van der Waals surface area contributed by atoms with Gasteiger partial charge in [0.25, 0.3) is 0 Å². The van der Waals surface area contributed by atoms with E-state index in [0.717, 1.165) is 11.1 Å². The van der Waals surface area contributed by atoms with Gasteiger partial charge < -0.3 is 19.5 Å². The number of ether oxygens (including phenoxy) is 3. The van der Waals surface area contributed by atoms with E-state index in [9.17, 15) is 13.6 Å². The van der Waals surface area contributed by atoms with Gasteiger partial charge in [-0.1, -0.05) is 18.2 Å². The van der Waals surface area contributed by atoms with Gasteiger partial charge in [0.2, 0.25) is 0 Å². The number of nitrogens with one attached hydrogen (secondary N) is 1. The van der Waals surface area contributed by atoms with Crippen molar-refractivity contribution in [2.24, 2.45) is 0 Å². The maximum absolute atomic E-state index is 12.4. The van der Waals surface area contributed by atoms with E-state index in [1.165, 1.54) is 13.2 Å². The molecule has 0 saturated heterocycles. The van der Waals surface area contributed by atoms with Crippen LogP contribution in [0.2, 0.25) is 0 Å². The molecule has 7 heteroatoms. The molecule has 0 fully saturated rings. The summed E-state index contributed by atoms with van der Waals surface area (Å²) in [6.45, 7) is 3.66. The van der Waals surface area contributed by atoms with Crippen LogP contribution in [-0.2, 0) is 17.8 Å². The molecular formula is C21H25F2NO4. The summed E-state index contributed by atoms with van der Waals surface area (Å²) in [6, 6.07) is 12.0. The van der Waals surface area contributed by atoms with E-state index in [4.69, 9.17) is 9.47 Å². The highest BCUT2D eigenvalue weighted by molar-refractivity contribution is 5.89. The maximum atomic E-state index is 12.4. The molecule has 5 nitrogen and oxygen atoms in total. The van der Waals surface area contributed by atoms with Crippen LogP contribution in [-0.4, -0.2) is 25.3 Å². The Morgan fingerprint density at radius 1 is 1.00 bits per heavy atom. The molecule has 152 valence electrons. The molecule has 0 aliphatic carbocycles. The summed E-state index contributed by atoms with van der Waals surface area (Å²) in [6.07, 6.45) is 0. The zero-order valence-corrected chi connectivity index (χ0v) is 16.4. The van der Waals surface area contributed by atoms with Crippen molar-refractivity contribution in [3.8, 4) is 11.5 Å². The molecule has 0 aliphatic heterocycles. The third kappa shape index (κ3) is 6.81. The van der Waals surface area contributed by atoms with E-state index in [-0.39, 0.29) is 17.5 Å². The lowest BCUT2D eigenvalue weighted by Crippen LogP contribution is -2.23. The van der Waals surface area contributed by atoms with Gasteiger partial charge in [-0.3, -0.25) is 0 Å². The molecule has 0 heterocycles. The first-order valence-electron chi connectivity index (χ1n) is 8.82. The number of rotatable bonds is 8. The summed E-state index contributed by atoms with van der Waals surface area (Å²) in [5, 5.41) is 3.26. The Hall–Kier alpha value is -2.67. The van der Waals surface area contributed by atoms with E-state index in [1.54, 1.807) is 24.3 Å². The maximum Gasteiger partial charge on any atom is 0.387 e. The number of carbonyl (C=O) groups is 1. The summed E-state index contributed by atoms with van der Waals surface area (Å²) >= 11 is 0. The quantitative estimate of drug-likeness (QED) is 0.667. The summed E-state index contributed by atoms with van der Waals surface area (Å²) in [5.74, 6) is -0.106. The Morgan fingerprint density at radius 2 is 1.61 bits per heavy atom. The molecule has 0 aromatic heterocycles. The van der Waals surface area contributed by atoms with Crippen molar-refractivity contribution < 1.29 is 27.8 Å². The van der Waals surface area contributed by atoms with Crippen molar-refractivity contribution >= 4 is 5.97 Å². The molecule has 0 bridgehead atoms. The number of hydrogen-bond donors (Lipinski definition) is 1. The molecule has 0 aliphatic rings. The zero-order valence-electron chi connectivity index (χ0n) is 16.4. The molecule has 0 radical (unpaired) electrons. The number of halogens is 2. The molecular weight excluding hydrogens is 368 g/mol. The molecule has 28 heavy (non-hydrogen) atoms. The van der Waals surface area contributed by atoms with E-state index in [0.29, 0.717) is 18.7 Å². The van der Waals surface area contributed by atoms with Crippen molar-refractivity contribution in [2.45, 2.75) is 46.1 Å². The number of carbonyl (C=O) groups excluding carboxylic acids is 1. The normalized spacial score (nSPS) is 11.4. The van der Waals surface area contributed by atoms with Gasteiger partial charge in [-0.2, -0.15) is 8.78 Å². The van der Waals surface area contributed by atoms with Crippen molar-refractivity contribution in [3.05, 3.63) is 59.2 Å². The topological polar surface area (TPSA) is 56.8 Å². The zero-order chi connectivity index (χ0) is 20.7. The van der Waals surface area contributed by atoms with Crippen LogP contribution in [0.3, 0.4) is 0 Å². The first kappa shape index (κ1) is 21.6. The minimum absolute atomic E-state index is 0.000943. The molecule has 0 unspecified atom stereocenters. The molecule has 0 spiro atoms. The van der Waals surface area contributed by atoms with E-state index < -0.39 is 12.2 Å². The van der Waals surface area contributed by atoms with Crippen LogP contribution in [0.25, 0.3) is 0 Å². The minimum atomic E-state index is -2.90. The van der Waals surface area contributed by atoms with E-state index >= 15 is 0 Å². The summed E-state index contributed by atoms with van der Waals surface area (Å²) < 4.78 is 39.6. The van der Waals surface area contributed by atoms with Crippen LogP contribution in [0.1, 0.15) is 42.3 Å². The van der Waals surface area contributed by atoms with Crippen molar-refractivity contribution in [1.82, 2.24) is 5.32 Å². The standard InChI is InChI=1S/C21H25F2NO4/c1-21(2,3)28-19(25)16-8-5-14(6-9-16)12-24-13-15-7-10-17(27-20(22)23)18(11-15)26-4/h5-11,20,24H,12-13H2,1-4H3. The second-order valence-corrected chi connectivity index (χ2v) is 7.17. The van der Waals surface area contributed by atoms with Gasteiger partial charge in [-0.05, 0) is 56.2 Å². The number of benzene rings is 2. The van der Waals surface area contributed by atoms with Crippen molar-refractivity contribution in [3.63, 3.8) is 0 Å². The van der Waals surface area contributed by atoms with Gasteiger partial charge in [0, 0.05) is 13.1 Å². The van der Waals surface area contributed by atoms with Gasteiger partial charge in [0.1, 0.15) is 5.60 Å². The lowest BCUT2D eigenvalue weighted by Gasteiger charge is -2.19. The lowest BCUT2D eigenvalue weighted by atomic mass is 10.1. The fraction of sp³-hybridized carbons (Fsp3) is 0.381. The van der Waals surface area contributed by atoms with Crippen LogP contribution in [0.15, 0.2) is 42.5 Å². The van der Waals surface area contributed by atoms with Gasteiger partial charge >= 0.3 is 12.6 Å². The molecule has 2 aromatic rings. The highest BCUT2D eigenvalue weighted by Gasteiger charge is 2.17. The fourth-order valence-electron chi connectivity index (χ4n) is 2.46. The van der Waals surface area contributed by atoms with E-state index in [1.807, 2.05) is 32.9 Å². The van der Waals surface area contributed by atoms with Crippen LogP contribution in [0.4, 0.5) is 8.78 Å². The lowest BCUT2D eigenvalue weighted by molar-refractivity contribution is -0.0512. The second kappa shape index (κ2) is 9.50. The largest absolute Gasteiger partial charge is 0.493 e. The Labute approximate surface area is 163 Å². The average molecular weight is 393 g/mol. The number of esters is 1. The molecule has 0 amide bonds. The number of alkyl halides is 2. The molecule has 2 rings (SSSR count). The van der Waals surface area contributed by atoms with Crippen LogP contribution in [0.5, 0.6) is 11.5 Å². The van der Waals surface area contributed by atoms with Gasteiger partial charge in [-0.15, -0.1) is 0 Å². The SMILES string of the molecule is COc1cc(CNCc2ccc(C(=O)OC(C)(C)C)cc2)ccc1OC(F)F. The van der Waals surface area contributed by atoms with E-state index in [2.05, 4.69) is 10.1 Å². The molecule has 0 atom stereocenters. The Balaban J connectivity index is 1.90. The third-order valence-electron chi connectivity index (χ3n) is 3.69. The fourth-order valence-corrected chi connectivity index (χ4v) is 2.46. The number of hydrogen-bond acceptors (Lipinski definition) is 5. The average Bonchev–Trinajstić information content (AvgIpc) is 2.61. The van der Waals surface area contributed by atoms with Crippen molar-refractivity contribution in [1.29, 1.82) is 0 Å². The summed E-state index contributed by atoms with van der Waals surface area (Å²) in [4.78, 5) is 12.0. The first-order valence-corrected chi connectivity index (χ1v) is 8.82. The Morgan fingerprint density at radius 3 is 2.18 bits per heavy atom. The van der Waals surface area contributed by atoms with Gasteiger partial charge in [0.05, 0.1) is 12.7 Å². The predicted molar refractivity (Wildman–Crippen MR) is 102 cm³/mol. The molecule has 2 aromatic carbocycles. The predicted octanol–water partition coefficient (Wildman–Crippen LogP) is 4.54. The molecule has 0 saturated carbocycles. The van der Waals surface area contributed by atoms with Crippen LogP contribution >= 0.6 is 0 Å². The molecule has 1 N–H and O–H groups in total. The Bertz CT molecular complexity index is 786.